The van der Waals surface area contributed by atoms with Gasteiger partial charge < -0.3 is 15.6 Å². The average molecular weight is 241 g/mol. The monoisotopic (exact) mass is 241 g/mol. The van der Waals surface area contributed by atoms with Crippen molar-refractivity contribution in [3.63, 3.8) is 0 Å². The van der Waals surface area contributed by atoms with Gasteiger partial charge in [-0.1, -0.05) is 13.8 Å². The molecule has 0 spiro atoms. The molecule has 3 nitrogen and oxygen atoms in total. The summed E-state index contributed by atoms with van der Waals surface area (Å²) in [4.78, 5) is 0. The number of hydrogen-bond acceptors (Lipinski definition) is 3. The van der Waals surface area contributed by atoms with E-state index < -0.39 is 5.60 Å². The molecule has 0 atom stereocenters. The van der Waals surface area contributed by atoms with E-state index in [1.807, 2.05) is 0 Å². The van der Waals surface area contributed by atoms with Gasteiger partial charge in [-0.25, -0.2) is 0 Å². The molecule has 1 aliphatic carbocycles. The van der Waals surface area contributed by atoms with Crippen LogP contribution in [-0.2, 0) is 4.74 Å². The molecule has 0 aromatic heterocycles. The third kappa shape index (κ3) is 2.38. The summed E-state index contributed by atoms with van der Waals surface area (Å²) in [5.74, 6) is 0. The van der Waals surface area contributed by atoms with E-state index >= 15 is 0 Å². The molecular formula is C14H27NO2. The van der Waals surface area contributed by atoms with Crippen LogP contribution in [0.4, 0.5) is 0 Å². The lowest BCUT2D eigenvalue weighted by molar-refractivity contribution is -0.160. The molecule has 2 aliphatic rings. The van der Waals surface area contributed by atoms with Gasteiger partial charge in [-0.15, -0.1) is 0 Å². The summed E-state index contributed by atoms with van der Waals surface area (Å²) >= 11 is 0. The van der Waals surface area contributed by atoms with Crippen LogP contribution in [0.5, 0.6) is 0 Å². The lowest BCUT2D eigenvalue weighted by Crippen LogP contribution is -2.57. The predicted octanol–water partition coefficient (Wildman–Crippen LogP) is 2.07. The van der Waals surface area contributed by atoms with E-state index in [1.54, 1.807) is 0 Å². The third-order valence-corrected chi connectivity index (χ3v) is 5.26. The number of nitrogens with two attached hydrogens (primary N) is 1. The maximum atomic E-state index is 11.0. The number of hydrogen-bond donors (Lipinski definition) is 2. The number of ether oxygens (including phenoxy) is 1. The fraction of sp³-hybridized carbons (Fsp3) is 1.00. The van der Waals surface area contributed by atoms with Crippen LogP contribution in [0.2, 0.25) is 0 Å². The van der Waals surface area contributed by atoms with Crippen LogP contribution in [0.3, 0.4) is 0 Å². The Morgan fingerprint density at radius 2 is 1.53 bits per heavy atom. The second-order valence-electron chi connectivity index (χ2n) is 6.79. The third-order valence-electron chi connectivity index (χ3n) is 5.26. The van der Waals surface area contributed by atoms with Crippen LogP contribution in [-0.4, -0.2) is 30.5 Å². The van der Waals surface area contributed by atoms with Crippen molar-refractivity contribution in [2.24, 2.45) is 16.6 Å². The maximum absolute atomic E-state index is 11.0. The summed E-state index contributed by atoms with van der Waals surface area (Å²) in [5.41, 5.74) is 5.81. The molecule has 3 N–H and O–H groups in total. The first-order chi connectivity index (χ1) is 7.93. The van der Waals surface area contributed by atoms with Crippen molar-refractivity contribution < 1.29 is 9.84 Å². The van der Waals surface area contributed by atoms with E-state index in [4.69, 9.17) is 10.5 Å². The van der Waals surface area contributed by atoms with Gasteiger partial charge in [-0.2, -0.15) is 0 Å². The Morgan fingerprint density at radius 3 is 2.00 bits per heavy atom. The van der Waals surface area contributed by atoms with Crippen molar-refractivity contribution in [3.8, 4) is 0 Å². The molecule has 2 fully saturated rings. The molecule has 1 saturated heterocycles. The molecule has 1 heterocycles. The molecule has 17 heavy (non-hydrogen) atoms. The molecule has 0 unspecified atom stereocenters. The molecule has 3 heteroatoms. The van der Waals surface area contributed by atoms with Crippen molar-refractivity contribution in [1.29, 1.82) is 0 Å². The average Bonchev–Trinajstić information content (AvgIpc) is 2.30. The molecular weight excluding hydrogens is 214 g/mol. The number of aliphatic hydroxyl groups is 1. The molecule has 2 rings (SSSR count). The van der Waals surface area contributed by atoms with E-state index in [0.29, 0.717) is 25.2 Å². The van der Waals surface area contributed by atoms with Crippen LogP contribution in [0, 0.1) is 10.8 Å². The molecule has 0 aromatic rings. The van der Waals surface area contributed by atoms with Gasteiger partial charge in [-0.05, 0) is 31.1 Å². The Balaban J connectivity index is 2.14. The summed E-state index contributed by atoms with van der Waals surface area (Å²) in [7, 11) is 0. The second-order valence-corrected chi connectivity index (χ2v) is 6.79. The van der Waals surface area contributed by atoms with Crippen molar-refractivity contribution in [3.05, 3.63) is 0 Å². The topological polar surface area (TPSA) is 55.5 Å². The zero-order valence-electron chi connectivity index (χ0n) is 11.3. The highest BCUT2D eigenvalue weighted by molar-refractivity contribution is 5.03. The Kier molecular flexibility index (Phi) is 3.54. The minimum absolute atomic E-state index is 0.0632. The summed E-state index contributed by atoms with van der Waals surface area (Å²) in [6, 6.07) is 0. The first kappa shape index (κ1) is 13.3. The van der Waals surface area contributed by atoms with Crippen molar-refractivity contribution in [1.82, 2.24) is 0 Å². The highest BCUT2D eigenvalue weighted by Gasteiger charge is 2.52. The molecule has 0 aromatic carbocycles. The van der Waals surface area contributed by atoms with Crippen LogP contribution < -0.4 is 5.73 Å². The van der Waals surface area contributed by atoms with Gasteiger partial charge >= 0.3 is 0 Å². The molecule has 1 saturated carbocycles. The summed E-state index contributed by atoms with van der Waals surface area (Å²) in [6.45, 7) is 6.62. The molecule has 0 radical (unpaired) electrons. The molecule has 1 aliphatic heterocycles. The lowest BCUT2D eigenvalue weighted by Gasteiger charge is -2.53. The summed E-state index contributed by atoms with van der Waals surface area (Å²) in [6.07, 6.45) is 5.98. The van der Waals surface area contributed by atoms with Crippen LogP contribution in [0.1, 0.15) is 52.4 Å². The van der Waals surface area contributed by atoms with Gasteiger partial charge in [-0.3, -0.25) is 0 Å². The zero-order valence-corrected chi connectivity index (χ0v) is 11.3. The van der Waals surface area contributed by atoms with E-state index in [0.717, 1.165) is 25.7 Å². The number of rotatable bonds is 2. The van der Waals surface area contributed by atoms with Crippen LogP contribution in [0.25, 0.3) is 0 Å². The lowest BCUT2D eigenvalue weighted by atomic mass is 9.56. The van der Waals surface area contributed by atoms with Gasteiger partial charge in [0.2, 0.25) is 0 Å². The second kappa shape index (κ2) is 4.52. The molecule has 0 bridgehead atoms. The zero-order chi connectivity index (χ0) is 12.6. The Morgan fingerprint density at radius 1 is 1.00 bits per heavy atom. The van der Waals surface area contributed by atoms with Gasteiger partial charge in [0.05, 0.1) is 5.60 Å². The highest BCUT2D eigenvalue weighted by atomic mass is 16.5. The van der Waals surface area contributed by atoms with Crippen LogP contribution >= 0.6 is 0 Å². The summed E-state index contributed by atoms with van der Waals surface area (Å²) < 4.78 is 5.39. The minimum Gasteiger partial charge on any atom is -0.389 e. The maximum Gasteiger partial charge on any atom is 0.0759 e. The van der Waals surface area contributed by atoms with Crippen molar-refractivity contribution in [2.45, 2.75) is 58.0 Å². The Hall–Kier alpha value is -0.120. The van der Waals surface area contributed by atoms with Crippen molar-refractivity contribution >= 4 is 0 Å². The van der Waals surface area contributed by atoms with Crippen molar-refractivity contribution in [2.75, 3.05) is 19.8 Å². The standard InChI is InChI=1S/C14H27NO2/c1-12(2)3-5-13(11-15,6-4-12)14(16)7-9-17-10-8-14/h16H,3-11,15H2,1-2H3. The largest absolute Gasteiger partial charge is 0.389 e. The van der Waals surface area contributed by atoms with E-state index in [9.17, 15) is 5.11 Å². The van der Waals surface area contributed by atoms with Gasteiger partial charge in [0.1, 0.15) is 0 Å². The SMILES string of the molecule is CC1(C)CCC(CN)(C2(O)CCOCC2)CC1. The first-order valence-corrected chi connectivity index (χ1v) is 6.93. The summed E-state index contributed by atoms with van der Waals surface area (Å²) in [5, 5.41) is 11.0. The molecule has 0 amide bonds. The predicted molar refractivity (Wildman–Crippen MR) is 68.7 cm³/mol. The smallest absolute Gasteiger partial charge is 0.0759 e. The Labute approximate surface area is 105 Å². The fourth-order valence-electron chi connectivity index (χ4n) is 3.50. The van der Waals surface area contributed by atoms with Gasteiger partial charge in [0.15, 0.2) is 0 Å². The quantitative estimate of drug-likeness (QED) is 0.778. The minimum atomic E-state index is -0.587. The molecule has 100 valence electrons. The van der Waals surface area contributed by atoms with Gasteiger partial charge in [0.25, 0.3) is 0 Å². The van der Waals surface area contributed by atoms with E-state index in [2.05, 4.69) is 13.8 Å². The van der Waals surface area contributed by atoms with Gasteiger partial charge in [0, 0.05) is 38.0 Å². The van der Waals surface area contributed by atoms with Crippen LogP contribution in [0.15, 0.2) is 0 Å². The van der Waals surface area contributed by atoms with E-state index in [-0.39, 0.29) is 5.41 Å². The Bertz CT molecular complexity index is 259. The highest BCUT2D eigenvalue weighted by Crippen LogP contribution is 2.52. The first-order valence-electron chi connectivity index (χ1n) is 6.93. The fourth-order valence-corrected chi connectivity index (χ4v) is 3.50. The normalized spacial score (nSPS) is 31.1. The van der Waals surface area contributed by atoms with E-state index in [1.165, 1.54) is 12.8 Å².